The number of hydrogen-bond acceptors (Lipinski definition) is 4. The number of nitrogens with one attached hydrogen (secondary N) is 1. The number of aryl methyl sites for hydroxylation is 2. The van der Waals surface area contributed by atoms with Crippen LogP contribution in [-0.4, -0.2) is 27.0 Å². The van der Waals surface area contributed by atoms with Gasteiger partial charge in [-0.3, -0.25) is 9.20 Å². The number of nitrogens with zero attached hydrogens (tertiary/aromatic N) is 2. The highest BCUT2D eigenvalue weighted by molar-refractivity contribution is 5.95. The molecule has 0 spiro atoms. The van der Waals surface area contributed by atoms with Crippen molar-refractivity contribution in [1.29, 1.82) is 0 Å². The molecular formula is C25H24FN3O3. The number of rotatable bonds is 7. The molecule has 0 saturated carbocycles. The third kappa shape index (κ3) is 4.20. The number of aliphatic hydroxyl groups excluding tert-OH is 1. The Morgan fingerprint density at radius 3 is 2.62 bits per heavy atom. The van der Waals surface area contributed by atoms with Crippen LogP contribution in [0, 0.1) is 19.7 Å². The molecule has 0 aliphatic heterocycles. The number of pyridine rings is 1. The van der Waals surface area contributed by atoms with Gasteiger partial charge in [-0.2, -0.15) is 0 Å². The summed E-state index contributed by atoms with van der Waals surface area (Å²) < 4.78 is 21.7. The van der Waals surface area contributed by atoms with Crippen LogP contribution in [0.2, 0.25) is 0 Å². The van der Waals surface area contributed by atoms with E-state index in [4.69, 9.17) is 4.74 Å². The monoisotopic (exact) mass is 433 g/mol. The summed E-state index contributed by atoms with van der Waals surface area (Å²) in [6, 6.07) is 17.1. The molecule has 164 valence electrons. The number of carbonyl (C=O) groups excluding carboxylic acids is 1. The van der Waals surface area contributed by atoms with Crippen molar-refractivity contribution in [3.8, 4) is 5.75 Å². The minimum Gasteiger partial charge on any atom is -0.485 e. The Bertz CT molecular complexity index is 1230. The first kappa shape index (κ1) is 21.5. The molecule has 0 saturated heterocycles. The first-order chi connectivity index (χ1) is 15.5. The molecule has 1 atom stereocenters. The highest BCUT2D eigenvalue weighted by Crippen LogP contribution is 2.25. The summed E-state index contributed by atoms with van der Waals surface area (Å²) in [5, 5.41) is 12.7. The number of fused-ring (bicyclic) bond motifs is 1. The van der Waals surface area contributed by atoms with Crippen LogP contribution in [0.25, 0.3) is 5.65 Å². The summed E-state index contributed by atoms with van der Waals surface area (Å²) in [5.41, 5.74) is 3.41. The predicted molar refractivity (Wildman–Crippen MR) is 119 cm³/mol. The number of halogens is 1. The molecule has 0 bridgehead atoms. The van der Waals surface area contributed by atoms with E-state index in [-0.39, 0.29) is 24.9 Å². The van der Waals surface area contributed by atoms with Crippen LogP contribution in [0.4, 0.5) is 4.39 Å². The van der Waals surface area contributed by atoms with Gasteiger partial charge in [-0.15, -0.1) is 0 Å². The normalized spacial score (nSPS) is 12.0. The van der Waals surface area contributed by atoms with Gasteiger partial charge in [0.1, 0.15) is 18.1 Å². The van der Waals surface area contributed by atoms with Crippen molar-refractivity contribution in [3.63, 3.8) is 0 Å². The minimum atomic E-state index is -0.544. The number of ether oxygens (including phenoxy) is 1. The fourth-order valence-corrected chi connectivity index (χ4v) is 3.69. The second-order valence-electron chi connectivity index (χ2n) is 7.56. The zero-order valence-corrected chi connectivity index (χ0v) is 17.9. The number of aromatic nitrogens is 2. The van der Waals surface area contributed by atoms with Crippen LogP contribution in [0.1, 0.15) is 38.9 Å². The van der Waals surface area contributed by atoms with E-state index in [0.717, 1.165) is 11.1 Å². The Hall–Kier alpha value is -3.71. The lowest BCUT2D eigenvalue weighted by atomic mass is 10.1. The molecule has 0 unspecified atom stereocenters. The van der Waals surface area contributed by atoms with Crippen LogP contribution < -0.4 is 10.1 Å². The maximum absolute atomic E-state index is 14.2. The van der Waals surface area contributed by atoms with Gasteiger partial charge in [-0.1, -0.05) is 42.5 Å². The third-order valence-corrected chi connectivity index (χ3v) is 5.42. The zero-order chi connectivity index (χ0) is 22.7. The highest BCUT2D eigenvalue weighted by Gasteiger charge is 2.22. The Labute approximate surface area is 185 Å². The lowest BCUT2D eigenvalue weighted by Crippen LogP contribution is -2.32. The van der Waals surface area contributed by atoms with Crippen molar-refractivity contribution in [2.75, 3.05) is 6.61 Å². The van der Waals surface area contributed by atoms with E-state index in [9.17, 15) is 14.3 Å². The molecule has 2 heterocycles. The molecular weight excluding hydrogens is 409 g/mol. The quantitative estimate of drug-likeness (QED) is 0.460. The predicted octanol–water partition coefficient (Wildman–Crippen LogP) is 4.13. The van der Waals surface area contributed by atoms with Crippen molar-refractivity contribution in [3.05, 3.63) is 101 Å². The molecule has 0 aliphatic carbocycles. The largest absolute Gasteiger partial charge is 0.485 e. The SMILES string of the molecule is Cc1cccc(F)c1COc1cccn2c(C(=O)N[C@@H](CO)c3ccccc3)c(C)nc12. The third-order valence-electron chi connectivity index (χ3n) is 5.42. The summed E-state index contributed by atoms with van der Waals surface area (Å²) in [7, 11) is 0. The average molecular weight is 433 g/mol. The van der Waals surface area contributed by atoms with Crippen molar-refractivity contribution in [1.82, 2.24) is 14.7 Å². The molecule has 32 heavy (non-hydrogen) atoms. The molecule has 0 radical (unpaired) electrons. The van der Waals surface area contributed by atoms with Gasteiger partial charge in [0.05, 0.1) is 18.3 Å². The number of imidazole rings is 1. The van der Waals surface area contributed by atoms with Crippen LogP contribution in [-0.2, 0) is 6.61 Å². The molecule has 6 nitrogen and oxygen atoms in total. The lowest BCUT2D eigenvalue weighted by molar-refractivity contribution is 0.0909. The fraction of sp³-hybridized carbons (Fsp3) is 0.200. The standard InChI is InChI=1S/C25H24FN3O3/c1-16-8-6-11-20(26)19(16)15-32-22-12-7-13-29-23(17(2)27-24(22)29)25(31)28-21(14-30)18-9-4-3-5-10-18/h3-13,21,30H,14-15H2,1-2H3,(H,28,31)/t21-/m0/s1. The molecule has 2 N–H and O–H groups in total. The van der Waals surface area contributed by atoms with E-state index in [1.807, 2.05) is 43.3 Å². The lowest BCUT2D eigenvalue weighted by Gasteiger charge is -2.17. The summed E-state index contributed by atoms with van der Waals surface area (Å²) in [5.74, 6) is -0.244. The van der Waals surface area contributed by atoms with Gasteiger partial charge in [0.15, 0.2) is 11.4 Å². The average Bonchev–Trinajstić information content (AvgIpc) is 3.14. The summed E-state index contributed by atoms with van der Waals surface area (Å²) >= 11 is 0. The van der Waals surface area contributed by atoms with Crippen molar-refractivity contribution < 1.29 is 19.0 Å². The van der Waals surface area contributed by atoms with Gasteiger partial charge in [-0.25, -0.2) is 9.37 Å². The Balaban J connectivity index is 1.61. The first-order valence-corrected chi connectivity index (χ1v) is 10.3. The maximum atomic E-state index is 14.2. The van der Waals surface area contributed by atoms with E-state index in [1.54, 1.807) is 35.7 Å². The molecule has 7 heteroatoms. The van der Waals surface area contributed by atoms with Gasteiger partial charge in [0, 0.05) is 11.8 Å². The highest BCUT2D eigenvalue weighted by atomic mass is 19.1. The van der Waals surface area contributed by atoms with E-state index in [1.165, 1.54) is 6.07 Å². The second kappa shape index (κ2) is 9.20. The molecule has 4 aromatic rings. The molecule has 1 amide bonds. The van der Waals surface area contributed by atoms with Crippen LogP contribution in [0.5, 0.6) is 5.75 Å². The van der Waals surface area contributed by atoms with Gasteiger partial charge < -0.3 is 15.2 Å². The smallest absolute Gasteiger partial charge is 0.270 e. The van der Waals surface area contributed by atoms with Gasteiger partial charge in [-0.05, 0) is 43.2 Å². The van der Waals surface area contributed by atoms with Gasteiger partial charge >= 0.3 is 0 Å². The summed E-state index contributed by atoms with van der Waals surface area (Å²) in [6.07, 6.45) is 1.72. The number of amides is 1. The summed E-state index contributed by atoms with van der Waals surface area (Å²) in [4.78, 5) is 17.6. The number of benzene rings is 2. The van der Waals surface area contributed by atoms with Crippen molar-refractivity contribution in [2.24, 2.45) is 0 Å². The topological polar surface area (TPSA) is 75.9 Å². The van der Waals surface area contributed by atoms with Gasteiger partial charge in [0.2, 0.25) is 0 Å². The van der Waals surface area contributed by atoms with E-state index >= 15 is 0 Å². The first-order valence-electron chi connectivity index (χ1n) is 10.3. The fourth-order valence-electron chi connectivity index (χ4n) is 3.69. The summed E-state index contributed by atoms with van der Waals surface area (Å²) in [6.45, 7) is 3.38. The second-order valence-corrected chi connectivity index (χ2v) is 7.56. The van der Waals surface area contributed by atoms with E-state index in [0.29, 0.717) is 28.3 Å². The maximum Gasteiger partial charge on any atom is 0.270 e. The van der Waals surface area contributed by atoms with Crippen LogP contribution >= 0.6 is 0 Å². The number of aliphatic hydroxyl groups is 1. The molecule has 0 aliphatic rings. The zero-order valence-electron chi connectivity index (χ0n) is 17.9. The molecule has 2 aromatic heterocycles. The van der Waals surface area contributed by atoms with Crippen LogP contribution in [0.3, 0.4) is 0 Å². The Morgan fingerprint density at radius 2 is 1.91 bits per heavy atom. The minimum absolute atomic E-state index is 0.0478. The van der Waals surface area contributed by atoms with Crippen molar-refractivity contribution >= 4 is 11.6 Å². The van der Waals surface area contributed by atoms with Crippen molar-refractivity contribution in [2.45, 2.75) is 26.5 Å². The Kier molecular flexibility index (Phi) is 6.18. The number of hydrogen-bond donors (Lipinski definition) is 2. The van der Waals surface area contributed by atoms with Crippen LogP contribution in [0.15, 0.2) is 66.9 Å². The molecule has 2 aromatic carbocycles. The van der Waals surface area contributed by atoms with Gasteiger partial charge in [0.25, 0.3) is 5.91 Å². The van der Waals surface area contributed by atoms with E-state index in [2.05, 4.69) is 10.3 Å². The Morgan fingerprint density at radius 1 is 1.12 bits per heavy atom. The molecule has 4 rings (SSSR count). The van der Waals surface area contributed by atoms with E-state index < -0.39 is 6.04 Å². The molecule has 0 fully saturated rings. The number of carbonyl (C=O) groups is 1.